The highest BCUT2D eigenvalue weighted by atomic mass is 79.9. The maximum Gasteiger partial charge on any atom is 0.238 e. The predicted molar refractivity (Wildman–Crippen MR) is 67.0 cm³/mol. The zero-order chi connectivity index (χ0) is 11.3. The maximum atomic E-state index is 10.5. The second kappa shape index (κ2) is 5.67. The van der Waals surface area contributed by atoms with E-state index in [0.29, 0.717) is 5.11 Å². The molecule has 0 spiro atoms. The van der Waals surface area contributed by atoms with Crippen LogP contribution in [-0.2, 0) is 4.79 Å². The van der Waals surface area contributed by atoms with Gasteiger partial charge in [-0.05, 0) is 40.3 Å². The second-order valence-electron chi connectivity index (χ2n) is 2.61. The maximum absolute atomic E-state index is 10.5. The van der Waals surface area contributed by atoms with E-state index in [1.807, 2.05) is 24.3 Å². The first-order valence-corrected chi connectivity index (χ1v) is 5.23. The molecular formula is C9H9BrN3OS. The lowest BCUT2D eigenvalue weighted by molar-refractivity contribution is -0.117. The van der Waals surface area contributed by atoms with Crippen molar-refractivity contribution in [3.05, 3.63) is 35.7 Å². The Labute approximate surface area is 102 Å². The van der Waals surface area contributed by atoms with Gasteiger partial charge in [0.2, 0.25) is 5.91 Å². The fraction of sp³-hybridized carbons (Fsp3) is 0. The van der Waals surface area contributed by atoms with Crippen molar-refractivity contribution in [3.8, 4) is 0 Å². The topological polar surface area (TPSA) is 53.2 Å². The molecule has 0 aliphatic heterocycles. The lowest BCUT2D eigenvalue weighted by atomic mass is 10.3. The summed E-state index contributed by atoms with van der Waals surface area (Å²) in [5.74, 6) is -0.453. The summed E-state index contributed by atoms with van der Waals surface area (Å²) < 4.78 is 0.884. The molecule has 1 radical (unpaired) electrons. The molecule has 1 amide bonds. The summed E-state index contributed by atoms with van der Waals surface area (Å²) in [5, 5.41) is 3.19. The Morgan fingerprint density at radius 1 is 1.33 bits per heavy atom. The number of nitrogens with one attached hydrogen (secondary N) is 3. The highest BCUT2D eigenvalue weighted by Gasteiger charge is 2.00. The molecule has 79 valence electrons. The van der Waals surface area contributed by atoms with Crippen LogP contribution in [0.25, 0.3) is 0 Å². The first-order valence-electron chi connectivity index (χ1n) is 4.03. The van der Waals surface area contributed by atoms with Crippen LogP contribution < -0.4 is 16.2 Å². The van der Waals surface area contributed by atoms with Crippen molar-refractivity contribution in [2.45, 2.75) is 0 Å². The predicted octanol–water partition coefficient (Wildman–Crippen LogP) is 1.60. The number of thiocarbonyl (C=S) groups is 1. The number of carbonyl (C=O) groups excluding carboxylic acids is 1. The van der Waals surface area contributed by atoms with Gasteiger partial charge in [0.25, 0.3) is 0 Å². The number of hydrazine groups is 1. The number of anilines is 1. The molecule has 6 heteroatoms. The summed E-state index contributed by atoms with van der Waals surface area (Å²) in [4.78, 5) is 10.5. The summed E-state index contributed by atoms with van der Waals surface area (Å²) in [6.07, 6.45) is 0. The molecule has 15 heavy (non-hydrogen) atoms. The number of amides is 1. The molecule has 3 N–H and O–H groups in total. The van der Waals surface area contributed by atoms with Gasteiger partial charge in [-0.2, -0.15) is 0 Å². The lowest BCUT2D eigenvalue weighted by Crippen LogP contribution is -2.42. The van der Waals surface area contributed by atoms with Gasteiger partial charge in [-0.15, -0.1) is 0 Å². The van der Waals surface area contributed by atoms with Crippen LogP contribution >= 0.6 is 28.1 Å². The van der Waals surface area contributed by atoms with Crippen molar-refractivity contribution < 1.29 is 4.79 Å². The highest BCUT2D eigenvalue weighted by molar-refractivity contribution is 9.10. The number of carbonyl (C=O) groups is 1. The number of hydrogen-bond acceptors (Lipinski definition) is 2. The molecule has 0 aliphatic carbocycles. The van der Waals surface area contributed by atoms with Crippen molar-refractivity contribution in [1.82, 2.24) is 10.9 Å². The Morgan fingerprint density at radius 3 is 2.60 bits per heavy atom. The first kappa shape index (κ1) is 11.9. The number of benzene rings is 1. The van der Waals surface area contributed by atoms with Crippen LogP contribution in [0.4, 0.5) is 5.69 Å². The first-order chi connectivity index (χ1) is 7.09. The van der Waals surface area contributed by atoms with E-state index >= 15 is 0 Å². The normalized spacial score (nSPS) is 9.20. The molecule has 0 heterocycles. The zero-order valence-electron chi connectivity index (χ0n) is 7.71. The molecule has 0 aromatic heterocycles. The third kappa shape index (κ3) is 4.26. The van der Waals surface area contributed by atoms with Gasteiger partial charge in [0.05, 0.1) is 5.69 Å². The van der Waals surface area contributed by atoms with Crippen molar-refractivity contribution in [2.75, 3.05) is 5.32 Å². The van der Waals surface area contributed by atoms with E-state index in [4.69, 9.17) is 12.2 Å². The van der Waals surface area contributed by atoms with Gasteiger partial charge < -0.3 is 5.32 Å². The van der Waals surface area contributed by atoms with E-state index in [9.17, 15) is 4.79 Å². The molecule has 0 bridgehead atoms. The Kier molecular flexibility index (Phi) is 4.51. The molecule has 1 aromatic rings. The SMILES string of the molecule is [CH2]C(=O)NNC(=S)Nc1ccccc1Br. The van der Waals surface area contributed by atoms with Crippen molar-refractivity contribution in [1.29, 1.82) is 0 Å². The van der Waals surface area contributed by atoms with Crippen LogP contribution in [0.5, 0.6) is 0 Å². The van der Waals surface area contributed by atoms with Crippen LogP contribution in [0.1, 0.15) is 0 Å². The molecule has 0 atom stereocenters. The van der Waals surface area contributed by atoms with Gasteiger partial charge >= 0.3 is 0 Å². The fourth-order valence-electron chi connectivity index (χ4n) is 0.843. The van der Waals surface area contributed by atoms with Gasteiger partial charge in [0.1, 0.15) is 0 Å². The minimum absolute atomic E-state index is 0.291. The average molecular weight is 287 g/mol. The zero-order valence-corrected chi connectivity index (χ0v) is 10.1. The molecule has 4 nitrogen and oxygen atoms in total. The van der Waals surface area contributed by atoms with Gasteiger partial charge in [-0.3, -0.25) is 15.6 Å². The minimum Gasteiger partial charge on any atom is -0.330 e. The van der Waals surface area contributed by atoms with E-state index in [-0.39, 0.29) is 0 Å². The summed E-state index contributed by atoms with van der Waals surface area (Å²) >= 11 is 8.28. The number of rotatable bonds is 1. The number of halogens is 1. The molecular weight excluding hydrogens is 278 g/mol. The number of para-hydroxylation sites is 1. The quantitative estimate of drug-likeness (QED) is 0.542. The lowest BCUT2D eigenvalue weighted by Gasteiger charge is -2.11. The van der Waals surface area contributed by atoms with Crippen LogP contribution in [0, 0.1) is 6.92 Å². The molecule has 1 aromatic carbocycles. The van der Waals surface area contributed by atoms with Gasteiger partial charge in [-0.1, -0.05) is 12.1 Å². The molecule has 0 saturated carbocycles. The molecule has 1 rings (SSSR count). The van der Waals surface area contributed by atoms with Gasteiger partial charge in [0.15, 0.2) is 5.11 Å². The van der Waals surface area contributed by atoms with Crippen LogP contribution in [0.15, 0.2) is 28.7 Å². The van der Waals surface area contributed by atoms with E-state index in [1.54, 1.807) is 0 Å². The monoisotopic (exact) mass is 286 g/mol. The van der Waals surface area contributed by atoms with Crippen molar-refractivity contribution in [2.24, 2.45) is 0 Å². The smallest absolute Gasteiger partial charge is 0.238 e. The van der Waals surface area contributed by atoms with Gasteiger partial charge in [-0.25, -0.2) is 0 Å². The summed E-state index contributed by atoms with van der Waals surface area (Å²) in [7, 11) is 0. The Morgan fingerprint density at radius 2 is 2.00 bits per heavy atom. The second-order valence-corrected chi connectivity index (χ2v) is 3.87. The van der Waals surface area contributed by atoms with Crippen LogP contribution in [-0.4, -0.2) is 11.0 Å². The number of hydrogen-bond donors (Lipinski definition) is 3. The third-order valence-electron chi connectivity index (χ3n) is 1.44. The fourth-order valence-corrected chi connectivity index (χ4v) is 1.39. The van der Waals surface area contributed by atoms with Crippen molar-refractivity contribution >= 4 is 44.9 Å². The Bertz CT molecular complexity index is 383. The summed E-state index contributed by atoms with van der Waals surface area (Å²) in [5.41, 5.74) is 5.57. The van der Waals surface area contributed by atoms with E-state index < -0.39 is 5.91 Å². The Hall–Kier alpha value is -1.14. The largest absolute Gasteiger partial charge is 0.330 e. The minimum atomic E-state index is -0.453. The van der Waals surface area contributed by atoms with E-state index in [2.05, 4.69) is 39.0 Å². The highest BCUT2D eigenvalue weighted by Crippen LogP contribution is 2.20. The molecule has 0 unspecified atom stereocenters. The summed E-state index contributed by atoms with van der Waals surface area (Å²) in [6.45, 7) is 3.13. The standard InChI is InChI=1S/C9H9BrN3OS/c1-6(14)12-13-9(15)11-8-5-3-2-4-7(8)10/h2-5H,1H2,(H,12,14)(H2,11,13,15). The Balaban J connectivity index is 2.52. The third-order valence-corrected chi connectivity index (χ3v) is 2.33. The van der Waals surface area contributed by atoms with E-state index in [0.717, 1.165) is 10.2 Å². The average Bonchev–Trinajstić information content (AvgIpc) is 2.18. The van der Waals surface area contributed by atoms with Crippen LogP contribution in [0.3, 0.4) is 0 Å². The van der Waals surface area contributed by atoms with E-state index in [1.165, 1.54) is 0 Å². The molecule has 0 saturated heterocycles. The molecule has 0 fully saturated rings. The van der Waals surface area contributed by atoms with Gasteiger partial charge in [0, 0.05) is 11.4 Å². The summed E-state index contributed by atoms with van der Waals surface area (Å²) in [6, 6.07) is 7.49. The van der Waals surface area contributed by atoms with Crippen LogP contribution in [0.2, 0.25) is 0 Å². The van der Waals surface area contributed by atoms with Crippen molar-refractivity contribution in [3.63, 3.8) is 0 Å². The molecule has 0 aliphatic rings.